The summed E-state index contributed by atoms with van der Waals surface area (Å²) in [6, 6.07) is 15.1. The van der Waals surface area contributed by atoms with Crippen LogP contribution in [0.3, 0.4) is 0 Å². The normalized spacial score (nSPS) is 23.7. The average molecular weight is 476 g/mol. The summed E-state index contributed by atoms with van der Waals surface area (Å²) in [7, 11) is 0. The lowest BCUT2D eigenvalue weighted by Gasteiger charge is -2.42. The van der Waals surface area contributed by atoms with E-state index < -0.39 is 0 Å². The lowest BCUT2D eigenvalue weighted by atomic mass is 9.94. The summed E-state index contributed by atoms with van der Waals surface area (Å²) in [5, 5.41) is 3.53. The Hall–Kier alpha value is -2.96. The zero-order chi connectivity index (χ0) is 24.2. The van der Waals surface area contributed by atoms with Gasteiger partial charge in [0.1, 0.15) is 11.5 Å². The number of nitrogens with one attached hydrogen (secondary N) is 1. The van der Waals surface area contributed by atoms with E-state index in [4.69, 9.17) is 4.74 Å². The first-order valence-corrected chi connectivity index (χ1v) is 12.8. The number of amides is 1. The molecule has 2 saturated heterocycles. The van der Waals surface area contributed by atoms with Crippen molar-refractivity contribution in [2.24, 2.45) is 0 Å². The molecule has 3 aliphatic heterocycles. The summed E-state index contributed by atoms with van der Waals surface area (Å²) in [5.41, 5.74) is 3.83. The Morgan fingerprint density at radius 3 is 2.83 bits per heavy atom. The molecule has 3 atom stereocenters. The SMILES string of the molecule is C[C@@H](c1ccccc1-c1ccc(F)cc1)N1C=CCCCC=C1C(=O)N1CC[C@H]2NCCO[C@@H]2C1. The average Bonchev–Trinajstić information content (AvgIpc) is 2.88. The molecular weight excluding hydrogens is 441 g/mol. The maximum atomic E-state index is 13.9. The summed E-state index contributed by atoms with van der Waals surface area (Å²) >= 11 is 0. The van der Waals surface area contributed by atoms with Crippen LogP contribution in [-0.4, -0.2) is 54.1 Å². The molecule has 0 aliphatic carbocycles. The van der Waals surface area contributed by atoms with Gasteiger partial charge in [0.25, 0.3) is 5.91 Å². The van der Waals surface area contributed by atoms with Gasteiger partial charge >= 0.3 is 0 Å². The lowest BCUT2D eigenvalue weighted by Crippen LogP contribution is -2.59. The van der Waals surface area contributed by atoms with E-state index in [1.807, 2.05) is 29.2 Å². The van der Waals surface area contributed by atoms with E-state index in [1.165, 1.54) is 12.1 Å². The van der Waals surface area contributed by atoms with Crippen LogP contribution in [0.2, 0.25) is 0 Å². The van der Waals surface area contributed by atoms with E-state index in [0.717, 1.165) is 61.2 Å². The number of carbonyl (C=O) groups is 1. The van der Waals surface area contributed by atoms with Crippen molar-refractivity contribution in [1.82, 2.24) is 15.1 Å². The van der Waals surface area contributed by atoms with Crippen LogP contribution in [0.15, 0.2) is 72.6 Å². The van der Waals surface area contributed by atoms with Crippen LogP contribution >= 0.6 is 0 Å². The molecule has 5 rings (SSSR count). The number of fused-ring (bicyclic) bond motifs is 1. The molecular formula is C29H34FN3O2. The monoisotopic (exact) mass is 475 g/mol. The highest BCUT2D eigenvalue weighted by atomic mass is 19.1. The van der Waals surface area contributed by atoms with Crippen LogP contribution in [0.1, 0.15) is 44.2 Å². The molecule has 0 unspecified atom stereocenters. The van der Waals surface area contributed by atoms with Crippen molar-refractivity contribution < 1.29 is 13.9 Å². The predicted octanol–water partition coefficient (Wildman–Crippen LogP) is 5.03. The van der Waals surface area contributed by atoms with Crippen LogP contribution < -0.4 is 5.32 Å². The topological polar surface area (TPSA) is 44.8 Å². The molecule has 5 nitrogen and oxygen atoms in total. The highest BCUT2D eigenvalue weighted by Crippen LogP contribution is 2.35. The second-order valence-corrected chi connectivity index (χ2v) is 9.59. The van der Waals surface area contributed by atoms with E-state index in [2.05, 4.69) is 47.6 Å². The molecule has 184 valence electrons. The van der Waals surface area contributed by atoms with E-state index >= 15 is 0 Å². The number of morpholine rings is 1. The maximum absolute atomic E-state index is 13.9. The van der Waals surface area contributed by atoms with E-state index in [0.29, 0.717) is 19.2 Å². The van der Waals surface area contributed by atoms with Crippen LogP contribution in [0.5, 0.6) is 0 Å². The summed E-state index contributed by atoms with van der Waals surface area (Å²) in [4.78, 5) is 18.0. The Balaban J connectivity index is 1.44. The van der Waals surface area contributed by atoms with Gasteiger partial charge in [0.15, 0.2) is 0 Å². The zero-order valence-corrected chi connectivity index (χ0v) is 20.3. The minimum atomic E-state index is -0.247. The van der Waals surface area contributed by atoms with Gasteiger partial charge in [-0.1, -0.05) is 48.6 Å². The van der Waals surface area contributed by atoms with Gasteiger partial charge in [-0.2, -0.15) is 0 Å². The number of rotatable bonds is 4. The molecule has 2 aromatic carbocycles. The highest BCUT2D eigenvalue weighted by Gasteiger charge is 2.36. The number of hydrogen-bond donors (Lipinski definition) is 1. The molecule has 3 aliphatic rings. The Kier molecular flexibility index (Phi) is 7.30. The second kappa shape index (κ2) is 10.8. The number of hydrogen-bond acceptors (Lipinski definition) is 4. The first-order valence-electron chi connectivity index (χ1n) is 12.8. The van der Waals surface area contributed by atoms with Gasteiger partial charge in [0.05, 0.1) is 18.8 Å². The second-order valence-electron chi connectivity index (χ2n) is 9.59. The molecule has 1 N–H and O–H groups in total. The van der Waals surface area contributed by atoms with Gasteiger partial charge < -0.3 is 19.9 Å². The van der Waals surface area contributed by atoms with Gasteiger partial charge in [0, 0.05) is 31.9 Å². The van der Waals surface area contributed by atoms with Crippen molar-refractivity contribution in [2.75, 3.05) is 26.2 Å². The molecule has 0 saturated carbocycles. The summed E-state index contributed by atoms with van der Waals surface area (Å²) in [5.74, 6) is -0.182. The van der Waals surface area contributed by atoms with E-state index in [-0.39, 0.29) is 23.9 Å². The fourth-order valence-corrected chi connectivity index (χ4v) is 5.41. The number of nitrogens with zero attached hydrogens (tertiary/aromatic N) is 2. The first kappa shape index (κ1) is 23.8. The molecule has 0 spiro atoms. The Morgan fingerprint density at radius 1 is 1.14 bits per heavy atom. The third-order valence-electron chi connectivity index (χ3n) is 7.35. The number of halogens is 1. The first-order chi connectivity index (χ1) is 17.1. The quantitative estimate of drug-likeness (QED) is 0.674. The third-order valence-corrected chi connectivity index (χ3v) is 7.35. The third kappa shape index (κ3) is 5.19. The Labute approximate surface area is 207 Å². The summed E-state index contributed by atoms with van der Waals surface area (Å²) in [6.07, 6.45) is 10.2. The van der Waals surface area contributed by atoms with E-state index in [1.54, 1.807) is 0 Å². The van der Waals surface area contributed by atoms with Gasteiger partial charge in [-0.05, 0) is 61.4 Å². The lowest BCUT2D eigenvalue weighted by molar-refractivity contribution is -0.135. The van der Waals surface area contributed by atoms with Crippen molar-refractivity contribution in [3.63, 3.8) is 0 Å². The number of allylic oxidation sites excluding steroid dienone is 2. The van der Waals surface area contributed by atoms with Gasteiger partial charge in [0.2, 0.25) is 0 Å². The van der Waals surface area contributed by atoms with Crippen molar-refractivity contribution in [1.29, 1.82) is 0 Å². The van der Waals surface area contributed by atoms with E-state index in [9.17, 15) is 9.18 Å². The summed E-state index contributed by atoms with van der Waals surface area (Å²) in [6.45, 7) is 5.05. The molecule has 0 aromatic heterocycles. The number of piperidine rings is 1. The van der Waals surface area contributed by atoms with Crippen molar-refractivity contribution >= 4 is 5.91 Å². The summed E-state index contributed by atoms with van der Waals surface area (Å²) < 4.78 is 19.6. The van der Waals surface area contributed by atoms with Crippen molar-refractivity contribution in [2.45, 2.75) is 50.8 Å². The van der Waals surface area contributed by atoms with Gasteiger partial charge in [-0.3, -0.25) is 4.79 Å². The van der Waals surface area contributed by atoms with Crippen LogP contribution in [0.25, 0.3) is 11.1 Å². The number of likely N-dealkylation sites (tertiary alicyclic amines) is 1. The molecule has 35 heavy (non-hydrogen) atoms. The van der Waals surface area contributed by atoms with Crippen molar-refractivity contribution in [3.8, 4) is 11.1 Å². The Morgan fingerprint density at radius 2 is 1.97 bits per heavy atom. The minimum Gasteiger partial charge on any atom is -0.373 e. The van der Waals surface area contributed by atoms with Crippen LogP contribution in [0.4, 0.5) is 4.39 Å². The molecule has 2 fully saturated rings. The molecule has 6 heteroatoms. The molecule has 2 aromatic rings. The predicted molar refractivity (Wildman–Crippen MR) is 136 cm³/mol. The number of ether oxygens (including phenoxy) is 1. The van der Waals surface area contributed by atoms with Crippen LogP contribution in [-0.2, 0) is 9.53 Å². The molecule has 0 bridgehead atoms. The van der Waals surface area contributed by atoms with Crippen LogP contribution in [0, 0.1) is 5.82 Å². The van der Waals surface area contributed by atoms with Gasteiger partial charge in [-0.15, -0.1) is 0 Å². The standard InChI is InChI=1S/C29H34FN3O2/c1-21(24-8-5-6-9-25(24)22-11-13-23(30)14-12-22)33-17-7-3-2-4-10-27(33)29(34)32-18-15-26-28(20-32)35-19-16-31-26/h5-14,17,21,26,28,31H,2-4,15-16,18-20H2,1H3/t21-,26+,28+/m0/s1. The van der Waals surface area contributed by atoms with Crippen molar-refractivity contribution in [3.05, 3.63) is 84.0 Å². The smallest absolute Gasteiger partial charge is 0.270 e. The number of benzene rings is 2. The Bertz CT molecular complexity index is 1100. The molecule has 1 amide bonds. The maximum Gasteiger partial charge on any atom is 0.270 e. The fourth-order valence-electron chi connectivity index (χ4n) is 5.41. The number of carbonyl (C=O) groups excluding carboxylic acids is 1. The molecule has 0 radical (unpaired) electrons. The minimum absolute atomic E-state index is 0.0521. The largest absolute Gasteiger partial charge is 0.373 e. The highest BCUT2D eigenvalue weighted by molar-refractivity contribution is 5.93. The van der Waals surface area contributed by atoms with Gasteiger partial charge in [-0.25, -0.2) is 4.39 Å². The fraction of sp³-hybridized carbons (Fsp3) is 0.414. The zero-order valence-electron chi connectivity index (χ0n) is 20.3. The molecule has 3 heterocycles.